The molecule has 2 aliphatic rings. The summed E-state index contributed by atoms with van der Waals surface area (Å²) in [6.45, 7) is 4.06. The predicted molar refractivity (Wildman–Crippen MR) is 87.0 cm³/mol. The molecule has 0 N–H and O–H groups in total. The topological polar surface area (TPSA) is 66.9 Å². The summed E-state index contributed by atoms with van der Waals surface area (Å²) in [5.41, 5.74) is 2.15. The predicted octanol–water partition coefficient (Wildman–Crippen LogP) is 0.658. The molecule has 1 aromatic rings. The van der Waals surface area contributed by atoms with Crippen LogP contribution in [0.2, 0.25) is 0 Å². The van der Waals surface area contributed by atoms with E-state index in [1.165, 1.54) is 4.31 Å². The molecule has 0 bridgehead atoms. The zero-order valence-corrected chi connectivity index (χ0v) is 14.1. The first kappa shape index (κ1) is 16.3. The molecule has 0 unspecified atom stereocenters. The van der Waals surface area contributed by atoms with Crippen LogP contribution in [-0.2, 0) is 27.7 Å². The van der Waals surface area contributed by atoms with Gasteiger partial charge in [-0.2, -0.15) is 4.31 Å². The summed E-state index contributed by atoms with van der Waals surface area (Å²) in [5.74, 6) is 1.08. The van der Waals surface area contributed by atoms with Crippen molar-refractivity contribution in [2.75, 3.05) is 38.5 Å². The van der Waals surface area contributed by atoms with Crippen LogP contribution in [0, 0.1) is 0 Å². The van der Waals surface area contributed by atoms with E-state index < -0.39 is 10.0 Å². The van der Waals surface area contributed by atoms with Gasteiger partial charge in [0.1, 0.15) is 5.75 Å². The van der Waals surface area contributed by atoms with Crippen LogP contribution in [-0.4, -0.2) is 62.1 Å². The molecule has 0 atom stereocenters. The van der Waals surface area contributed by atoms with Gasteiger partial charge in [-0.15, -0.1) is 0 Å². The molecule has 7 heteroatoms. The van der Waals surface area contributed by atoms with Crippen LogP contribution in [0.4, 0.5) is 0 Å². The van der Waals surface area contributed by atoms with Gasteiger partial charge in [-0.25, -0.2) is 8.42 Å². The number of rotatable bonds is 4. The largest absolute Gasteiger partial charge is 0.493 e. The number of sulfonamides is 1. The Balaban J connectivity index is 1.58. The van der Waals surface area contributed by atoms with E-state index in [0.717, 1.165) is 23.3 Å². The molecule has 1 fully saturated rings. The van der Waals surface area contributed by atoms with Gasteiger partial charge in [-0.1, -0.05) is 12.1 Å². The van der Waals surface area contributed by atoms with Gasteiger partial charge >= 0.3 is 0 Å². The van der Waals surface area contributed by atoms with Crippen LogP contribution in [0.25, 0.3) is 0 Å². The van der Waals surface area contributed by atoms with Crippen LogP contribution in [0.3, 0.4) is 0 Å². The number of amides is 1. The maximum atomic E-state index is 12.4. The van der Waals surface area contributed by atoms with Gasteiger partial charge in [-0.05, 0) is 24.1 Å². The van der Waals surface area contributed by atoms with Crippen molar-refractivity contribution in [3.05, 3.63) is 29.3 Å². The molecular weight excluding hydrogens is 316 g/mol. The monoisotopic (exact) mass is 338 g/mol. The first-order valence-electron chi connectivity index (χ1n) is 8.00. The smallest absolute Gasteiger partial charge is 0.227 e. The zero-order chi connectivity index (χ0) is 16.4. The first-order valence-corrected chi connectivity index (χ1v) is 9.60. The van der Waals surface area contributed by atoms with E-state index in [1.807, 2.05) is 18.2 Å². The molecule has 0 aliphatic carbocycles. The van der Waals surface area contributed by atoms with E-state index in [9.17, 15) is 13.2 Å². The Labute approximate surface area is 137 Å². The lowest BCUT2D eigenvalue weighted by atomic mass is 10.1. The number of hydrogen-bond donors (Lipinski definition) is 0. The quantitative estimate of drug-likeness (QED) is 0.809. The second-order valence-electron chi connectivity index (χ2n) is 5.90. The molecule has 6 nitrogen and oxygen atoms in total. The molecule has 0 aromatic heterocycles. The first-order chi connectivity index (χ1) is 11.0. The molecule has 0 saturated carbocycles. The second kappa shape index (κ2) is 6.49. The zero-order valence-electron chi connectivity index (χ0n) is 13.3. The van der Waals surface area contributed by atoms with Gasteiger partial charge in [0.2, 0.25) is 15.9 Å². The Bertz CT molecular complexity index is 694. The minimum absolute atomic E-state index is 0.0532. The van der Waals surface area contributed by atoms with Crippen molar-refractivity contribution in [2.24, 2.45) is 0 Å². The molecule has 1 aromatic carbocycles. The Morgan fingerprint density at radius 2 is 1.96 bits per heavy atom. The fourth-order valence-electron chi connectivity index (χ4n) is 3.03. The number of carbonyl (C=O) groups excluding carboxylic acids is 1. The van der Waals surface area contributed by atoms with Crippen LogP contribution >= 0.6 is 0 Å². The van der Waals surface area contributed by atoms with Crippen molar-refractivity contribution in [2.45, 2.75) is 19.8 Å². The molecule has 0 spiro atoms. The van der Waals surface area contributed by atoms with Gasteiger partial charge in [0, 0.05) is 32.6 Å². The number of benzene rings is 1. The molecule has 2 heterocycles. The third kappa shape index (κ3) is 3.50. The molecule has 126 valence electrons. The normalized spacial score (nSPS) is 18.6. The summed E-state index contributed by atoms with van der Waals surface area (Å²) in [7, 11) is -3.15. The van der Waals surface area contributed by atoms with Crippen molar-refractivity contribution in [1.82, 2.24) is 9.21 Å². The minimum Gasteiger partial charge on any atom is -0.493 e. The van der Waals surface area contributed by atoms with Crippen molar-refractivity contribution in [1.29, 1.82) is 0 Å². The van der Waals surface area contributed by atoms with Gasteiger partial charge in [0.05, 0.1) is 18.8 Å². The van der Waals surface area contributed by atoms with Crippen LogP contribution in [0.5, 0.6) is 5.75 Å². The van der Waals surface area contributed by atoms with E-state index in [-0.39, 0.29) is 11.7 Å². The van der Waals surface area contributed by atoms with Crippen molar-refractivity contribution in [3.63, 3.8) is 0 Å². The summed E-state index contributed by atoms with van der Waals surface area (Å²) in [4.78, 5) is 14.2. The second-order valence-corrected chi connectivity index (χ2v) is 8.16. The lowest BCUT2D eigenvalue weighted by Gasteiger charge is -2.33. The van der Waals surface area contributed by atoms with Crippen LogP contribution in [0.15, 0.2) is 18.2 Å². The highest BCUT2D eigenvalue weighted by Crippen LogP contribution is 2.26. The van der Waals surface area contributed by atoms with Crippen molar-refractivity contribution < 1.29 is 17.9 Å². The van der Waals surface area contributed by atoms with Crippen molar-refractivity contribution in [3.8, 4) is 5.75 Å². The average molecular weight is 338 g/mol. The summed E-state index contributed by atoms with van der Waals surface area (Å²) in [5, 5.41) is 0. The van der Waals surface area contributed by atoms with Gasteiger partial charge in [0.25, 0.3) is 0 Å². The highest BCUT2D eigenvalue weighted by molar-refractivity contribution is 7.89. The number of piperazine rings is 1. The third-order valence-electron chi connectivity index (χ3n) is 4.46. The molecule has 2 aliphatic heterocycles. The number of fused-ring (bicyclic) bond motifs is 1. The molecule has 23 heavy (non-hydrogen) atoms. The van der Waals surface area contributed by atoms with Gasteiger partial charge in [0.15, 0.2) is 0 Å². The third-order valence-corrected chi connectivity index (χ3v) is 6.34. The summed E-state index contributed by atoms with van der Waals surface area (Å²) in [6, 6.07) is 5.90. The van der Waals surface area contributed by atoms with E-state index in [2.05, 4.69) is 0 Å². The fourth-order valence-corrected chi connectivity index (χ4v) is 4.12. The minimum atomic E-state index is -3.15. The van der Waals surface area contributed by atoms with E-state index in [0.29, 0.717) is 39.2 Å². The lowest BCUT2D eigenvalue weighted by molar-refractivity contribution is -0.131. The van der Waals surface area contributed by atoms with Gasteiger partial charge < -0.3 is 9.64 Å². The van der Waals surface area contributed by atoms with Crippen LogP contribution in [0.1, 0.15) is 18.1 Å². The Kier molecular flexibility index (Phi) is 4.59. The SMILES string of the molecule is CCS(=O)(=O)N1CCN(C(=O)Cc2ccc3c(c2)CCO3)CC1. The van der Waals surface area contributed by atoms with E-state index in [1.54, 1.807) is 11.8 Å². The van der Waals surface area contributed by atoms with E-state index in [4.69, 9.17) is 4.74 Å². The molecule has 3 rings (SSSR count). The number of carbonyl (C=O) groups is 1. The molecule has 1 amide bonds. The summed E-state index contributed by atoms with van der Waals surface area (Å²) >= 11 is 0. The number of ether oxygens (including phenoxy) is 1. The standard InChI is InChI=1S/C16H22N2O4S/c1-2-23(20,21)18-8-6-17(7-9-18)16(19)12-13-3-4-15-14(11-13)5-10-22-15/h3-4,11H,2,5-10,12H2,1H3. The summed E-state index contributed by atoms with van der Waals surface area (Å²) in [6.07, 6.45) is 1.25. The maximum absolute atomic E-state index is 12.4. The molecule has 1 saturated heterocycles. The molecular formula is C16H22N2O4S. The maximum Gasteiger partial charge on any atom is 0.227 e. The average Bonchev–Trinajstić information content (AvgIpc) is 3.02. The molecule has 0 radical (unpaired) electrons. The fraction of sp³-hybridized carbons (Fsp3) is 0.562. The van der Waals surface area contributed by atoms with E-state index >= 15 is 0 Å². The Morgan fingerprint density at radius 3 is 2.65 bits per heavy atom. The van der Waals surface area contributed by atoms with Crippen LogP contribution < -0.4 is 4.74 Å². The lowest BCUT2D eigenvalue weighted by Crippen LogP contribution is -2.51. The van der Waals surface area contributed by atoms with Crippen molar-refractivity contribution >= 4 is 15.9 Å². The van der Waals surface area contributed by atoms with Gasteiger partial charge in [-0.3, -0.25) is 4.79 Å². The Morgan fingerprint density at radius 1 is 1.22 bits per heavy atom. The number of nitrogens with zero attached hydrogens (tertiary/aromatic N) is 2. The Hall–Kier alpha value is -1.60. The number of hydrogen-bond acceptors (Lipinski definition) is 4. The summed E-state index contributed by atoms with van der Waals surface area (Å²) < 4.78 is 30.6. The highest BCUT2D eigenvalue weighted by atomic mass is 32.2. The highest BCUT2D eigenvalue weighted by Gasteiger charge is 2.27.